The van der Waals surface area contributed by atoms with Crippen molar-refractivity contribution in [3.05, 3.63) is 36.5 Å². The lowest BCUT2D eigenvalue weighted by molar-refractivity contribution is -0.108. The third kappa shape index (κ3) is 3.73. The van der Waals surface area contributed by atoms with Gasteiger partial charge in [0.15, 0.2) is 11.5 Å². The summed E-state index contributed by atoms with van der Waals surface area (Å²) in [7, 11) is 2.16. The normalized spacial score (nSPS) is 17.9. The molecule has 0 saturated carbocycles. The van der Waals surface area contributed by atoms with E-state index in [4.69, 9.17) is 4.98 Å². The van der Waals surface area contributed by atoms with Crippen molar-refractivity contribution in [2.24, 2.45) is 0 Å². The molecule has 0 radical (unpaired) electrons. The largest absolute Gasteiger partial charge is 0.354 e. The zero-order valence-corrected chi connectivity index (χ0v) is 16.3. The van der Waals surface area contributed by atoms with E-state index in [1.54, 1.807) is 12.4 Å². The molecule has 0 N–H and O–H groups in total. The molecule has 146 valence electrons. The van der Waals surface area contributed by atoms with Crippen molar-refractivity contribution >= 4 is 17.8 Å². The summed E-state index contributed by atoms with van der Waals surface area (Å²) in [6.45, 7) is 4.76. The molecule has 0 aromatic carbocycles. The molecule has 8 nitrogen and oxygen atoms in total. The van der Waals surface area contributed by atoms with E-state index in [-0.39, 0.29) is 0 Å². The lowest BCUT2D eigenvalue weighted by atomic mass is 10.1. The summed E-state index contributed by atoms with van der Waals surface area (Å²) in [5.41, 5.74) is 2.56. The molecule has 0 amide bonds. The Morgan fingerprint density at radius 2 is 2.11 bits per heavy atom. The second kappa shape index (κ2) is 8.02. The number of carbonyl (C=O) groups is 1. The fraction of sp³-hybridized carbons (Fsp3) is 0.450. The molecule has 4 rings (SSSR count). The van der Waals surface area contributed by atoms with Crippen LogP contribution in [0.1, 0.15) is 25.0 Å². The minimum absolute atomic E-state index is 0.427. The van der Waals surface area contributed by atoms with Gasteiger partial charge in [0.25, 0.3) is 0 Å². The van der Waals surface area contributed by atoms with Crippen LogP contribution in [-0.4, -0.2) is 68.2 Å². The van der Waals surface area contributed by atoms with E-state index in [0.29, 0.717) is 18.3 Å². The molecule has 0 bridgehead atoms. The van der Waals surface area contributed by atoms with E-state index in [1.807, 2.05) is 29.8 Å². The lowest BCUT2D eigenvalue weighted by Gasteiger charge is -2.40. The van der Waals surface area contributed by atoms with Crippen LogP contribution in [0.5, 0.6) is 0 Å². The Bertz CT molecular complexity index is 970. The summed E-state index contributed by atoms with van der Waals surface area (Å²) in [6, 6.07) is 2.39. The standard InChI is InChI=1S/C20H25N7O/c1-15-13-27-17(11-23-19(27)12-22-15)20-21-7-6-18(24-20)26-9-8-25(2)16(14-26)5-3-4-10-28/h6-7,10-13,16H,3-5,8-9,14H2,1-2H3. The van der Waals surface area contributed by atoms with Gasteiger partial charge in [0.05, 0.1) is 18.1 Å². The second-order valence-electron chi connectivity index (χ2n) is 7.32. The van der Waals surface area contributed by atoms with Gasteiger partial charge in [-0.05, 0) is 32.9 Å². The maximum Gasteiger partial charge on any atom is 0.180 e. The number of likely N-dealkylation sites (N-methyl/N-ethyl adjacent to an activating group) is 1. The smallest absolute Gasteiger partial charge is 0.180 e. The van der Waals surface area contributed by atoms with Crippen LogP contribution in [-0.2, 0) is 4.79 Å². The monoisotopic (exact) mass is 379 g/mol. The molecule has 3 aromatic heterocycles. The van der Waals surface area contributed by atoms with Gasteiger partial charge < -0.3 is 9.69 Å². The number of piperazine rings is 1. The number of anilines is 1. The van der Waals surface area contributed by atoms with Crippen LogP contribution < -0.4 is 4.90 Å². The van der Waals surface area contributed by atoms with E-state index < -0.39 is 0 Å². The molecular weight excluding hydrogens is 354 g/mol. The van der Waals surface area contributed by atoms with E-state index in [0.717, 1.165) is 61.6 Å². The summed E-state index contributed by atoms with van der Waals surface area (Å²) in [6.07, 6.45) is 10.9. The third-order valence-corrected chi connectivity index (χ3v) is 5.36. The maximum atomic E-state index is 10.6. The molecule has 0 aliphatic carbocycles. The summed E-state index contributed by atoms with van der Waals surface area (Å²) in [5.74, 6) is 1.59. The number of hydrogen-bond donors (Lipinski definition) is 0. The molecule has 8 heteroatoms. The minimum Gasteiger partial charge on any atom is -0.354 e. The summed E-state index contributed by atoms with van der Waals surface area (Å²) < 4.78 is 1.98. The molecule has 4 heterocycles. The highest BCUT2D eigenvalue weighted by Gasteiger charge is 2.25. The number of aryl methyl sites for hydroxylation is 1. The van der Waals surface area contributed by atoms with Gasteiger partial charge in [0, 0.05) is 44.5 Å². The number of unbranched alkanes of at least 4 members (excludes halogenated alkanes) is 1. The molecule has 1 fully saturated rings. The summed E-state index contributed by atoms with van der Waals surface area (Å²) in [5, 5.41) is 0. The first-order chi connectivity index (χ1) is 13.7. The van der Waals surface area contributed by atoms with E-state index in [2.05, 4.69) is 31.8 Å². The van der Waals surface area contributed by atoms with Crippen LogP contribution in [0.4, 0.5) is 5.82 Å². The number of hydrogen-bond acceptors (Lipinski definition) is 7. The van der Waals surface area contributed by atoms with Crippen LogP contribution in [0.3, 0.4) is 0 Å². The van der Waals surface area contributed by atoms with Crippen molar-refractivity contribution in [3.8, 4) is 11.5 Å². The van der Waals surface area contributed by atoms with Crippen molar-refractivity contribution in [2.75, 3.05) is 31.6 Å². The van der Waals surface area contributed by atoms with Gasteiger partial charge in [0.2, 0.25) is 0 Å². The molecule has 1 saturated heterocycles. The van der Waals surface area contributed by atoms with Gasteiger partial charge in [0.1, 0.15) is 17.8 Å². The number of imidazole rings is 1. The fourth-order valence-corrected chi connectivity index (χ4v) is 3.70. The number of aromatic nitrogens is 5. The van der Waals surface area contributed by atoms with Crippen LogP contribution in [0, 0.1) is 6.92 Å². The first-order valence-electron chi connectivity index (χ1n) is 9.67. The number of fused-ring (bicyclic) bond motifs is 1. The highest BCUT2D eigenvalue weighted by atomic mass is 16.1. The summed E-state index contributed by atoms with van der Waals surface area (Å²) >= 11 is 0. The highest BCUT2D eigenvalue weighted by Crippen LogP contribution is 2.22. The Hall–Kier alpha value is -2.87. The Kier molecular flexibility index (Phi) is 5.29. The van der Waals surface area contributed by atoms with Crippen molar-refractivity contribution in [1.29, 1.82) is 0 Å². The molecule has 3 aromatic rings. The van der Waals surface area contributed by atoms with Crippen LogP contribution in [0.2, 0.25) is 0 Å². The first-order valence-corrected chi connectivity index (χ1v) is 9.67. The number of aldehydes is 1. The van der Waals surface area contributed by atoms with Crippen molar-refractivity contribution in [3.63, 3.8) is 0 Å². The third-order valence-electron chi connectivity index (χ3n) is 5.36. The van der Waals surface area contributed by atoms with E-state index in [1.165, 1.54) is 0 Å². The SMILES string of the molecule is Cc1cn2c(-c3nccc(N4CCN(C)C(CCCC=O)C4)n3)cnc2cn1. The molecule has 28 heavy (non-hydrogen) atoms. The second-order valence-corrected chi connectivity index (χ2v) is 7.32. The predicted octanol–water partition coefficient (Wildman–Crippen LogP) is 1.98. The zero-order chi connectivity index (χ0) is 19.5. The fourth-order valence-electron chi connectivity index (χ4n) is 3.70. The van der Waals surface area contributed by atoms with Gasteiger partial charge in [-0.3, -0.25) is 14.3 Å². The molecule has 1 unspecified atom stereocenters. The highest BCUT2D eigenvalue weighted by molar-refractivity contribution is 5.58. The Morgan fingerprint density at radius 3 is 2.96 bits per heavy atom. The number of carbonyl (C=O) groups excluding carboxylic acids is 1. The zero-order valence-electron chi connectivity index (χ0n) is 16.3. The van der Waals surface area contributed by atoms with Crippen molar-refractivity contribution in [2.45, 2.75) is 32.2 Å². The Balaban J connectivity index is 1.58. The molecule has 1 aliphatic rings. The van der Waals surface area contributed by atoms with Crippen molar-refractivity contribution in [1.82, 2.24) is 29.2 Å². The molecule has 1 aliphatic heterocycles. The van der Waals surface area contributed by atoms with E-state index >= 15 is 0 Å². The van der Waals surface area contributed by atoms with Gasteiger partial charge in [-0.2, -0.15) is 0 Å². The van der Waals surface area contributed by atoms with Gasteiger partial charge in [-0.25, -0.2) is 15.0 Å². The van der Waals surface area contributed by atoms with Crippen LogP contribution in [0.15, 0.2) is 30.9 Å². The van der Waals surface area contributed by atoms with Gasteiger partial charge >= 0.3 is 0 Å². The van der Waals surface area contributed by atoms with Crippen LogP contribution in [0.25, 0.3) is 17.2 Å². The average Bonchev–Trinajstić information content (AvgIpc) is 3.13. The Labute approximate surface area is 164 Å². The predicted molar refractivity (Wildman–Crippen MR) is 107 cm³/mol. The summed E-state index contributed by atoms with van der Waals surface area (Å²) in [4.78, 5) is 33.3. The topological polar surface area (TPSA) is 79.5 Å². The Morgan fingerprint density at radius 1 is 1.21 bits per heavy atom. The first kappa shape index (κ1) is 18.5. The average molecular weight is 379 g/mol. The van der Waals surface area contributed by atoms with E-state index in [9.17, 15) is 4.79 Å². The lowest BCUT2D eigenvalue weighted by Crippen LogP contribution is -2.51. The number of nitrogens with zero attached hydrogens (tertiary/aromatic N) is 7. The minimum atomic E-state index is 0.427. The molecule has 1 atom stereocenters. The quantitative estimate of drug-likeness (QED) is 0.479. The molecule has 0 spiro atoms. The van der Waals surface area contributed by atoms with Gasteiger partial charge in [-0.1, -0.05) is 0 Å². The number of rotatable bonds is 6. The van der Waals surface area contributed by atoms with Crippen LogP contribution >= 0.6 is 0 Å². The van der Waals surface area contributed by atoms with Gasteiger partial charge in [-0.15, -0.1) is 0 Å². The maximum absolute atomic E-state index is 10.6. The molecular formula is C20H25N7O. The van der Waals surface area contributed by atoms with Crippen molar-refractivity contribution < 1.29 is 4.79 Å².